The van der Waals surface area contributed by atoms with Crippen LogP contribution in [0.4, 0.5) is 0 Å². The van der Waals surface area contributed by atoms with Gasteiger partial charge in [0.25, 0.3) is 5.91 Å². The van der Waals surface area contributed by atoms with Crippen LogP contribution in [0.15, 0.2) is 0 Å². The number of carbonyl (C=O) groups is 2. The third-order valence-electron chi connectivity index (χ3n) is 4.96. The molecule has 1 aliphatic rings. The van der Waals surface area contributed by atoms with Crippen LogP contribution in [0.5, 0.6) is 0 Å². The molecule has 2 heterocycles. The molecule has 1 fully saturated rings. The number of amides is 1. The van der Waals surface area contributed by atoms with Crippen molar-refractivity contribution in [2.45, 2.75) is 47.0 Å². The zero-order chi connectivity index (χ0) is 18.4. The van der Waals surface area contributed by atoms with Gasteiger partial charge in [0.2, 0.25) is 0 Å². The second-order valence-corrected chi connectivity index (χ2v) is 6.98. The van der Waals surface area contributed by atoms with Gasteiger partial charge in [-0.3, -0.25) is 4.79 Å². The third kappa shape index (κ3) is 5.08. The minimum atomic E-state index is -0.382. The van der Waals surface area contributed by atoms with Gasteiger partial charge in [0.15, 0.2) is 0 Å². The van der Waals surface area contributed by atoms with Crippen molar-refractivity contribution in [3.05, 3.63) is 22.5 Å². The monoisotopic (exact) mass is 349 g/mol. The van der Waals surface area contributed by atoms with E-state index in [1.54, 1.807) is 20.8 Å². The first-order valence-electron chi connectivity index (χ1n) is 9.30. The second kappa shape index (κ2) is 9.04. The Kier molecular flexibility index (Phi) is 7.05. The van der Waals surface area contributed by atoms with E-state index in [0.717, 1.165) is 32.0 Å². The highest BCUT2D eigenvalue weighted by molar-refractivity contribution is 6.00. The molecule has 0 saturated carbocycles. The summed E-state index contributed by atoms with van der Waals surface area (Å²) in [6.07, 6.45) is 3.47. The van der Waals surface area contributed by atoms with E-state index in [1.807, 2.05) is 0 Å². The number of hydrogen-bond acceptors (Lipinski definition) is 4. The van der Waals surface area contributed by atoms with Crippen LogP contribution in [0.3, 0.4) is 0 Å². The predicted molar refractivity (Wildman–Crippen MR) is 98.0 cm³/mol. The van der Waals surface area contributed by atoms with Gasteiger partial charge >= 0.3 is 5.97 Å². The maximum atomic E-state index is 12.4. The number of H-pyrrole nitrogens is 1. The number of aromatic nitrogens is 1. The van der Waals surface area contributed by atoms with Crippen LogP contribution in [0.1, 0.15) is 65.2 Å². The number of carbonyl (C=O) groups excluding carboxylic acids is 2. The lowest BCUT2D eigenvalue weighted by molar-refractivity contribution is 0.0525. The van der Waals surface area contributed by atoms with Crippen molar-refractivity contribution < 1.29 is 14.3 Å². The number of nitrogens with one attached hydrogen (secondary N) is 2. The highest BCUT2D eigenvalue weighted by Gasteiger charge is 2.22. The lowest BCUT2D eigenvalue weighted by atomic mass is 9.99. The number of esters is 1. The largest absolute Gasteiger partial charge is 0.462 e. The van der Waals surface area contributed by atoms with E-state index in [2.05, 4.69) is 22.1 Å². The molecule has 0 spiro atoms. The van der Waals surface area contributed by atoms with E-state index in [-0.39, 0.29) is 11.9 Å². The Hall–Kier alpha value is -1.82. The van der Waals surface area contributed by atoms with Crippen LogP contribution < -0.4 is 5.32 Å². The van der Waals surface area contributed by atoms with Crippen molar-refractivity contribution in [2.75, 3.05) is 32.8 Å². The van der Waals surface area contributed by atoms with Gasteiger partial charge in [0.1, 0.15) is 5.69 Å². The van der Waals surface area contributed by atoms with Crippen LogP contribution in [-0.2, 0) is 4.74 Å². The van der Waals surface area contributed by atoms with Crippen molar-refractivity contribution in [3.63, 3.8) is 0 Å². The molecule has 1 saturated heterocycles. The fourth-order valence-electron chi connectivity index (χ4n) is 3.37. The van der Waals surface area contributed by atoms with Crippen molar-refractivity contribution in [3.8, 4) is 0 Å². The van der Waals surface area contributed by atoms with E-state index >= 15 is 0 Å². The molecular weight excluding hydrogens is 318 g/mol. The Bertz CT molecular complexity index is 601. The van der Waals surface area contributed by atoms with Crippen LogP contribution >= 0.6 is 0 Å². The van der Waals surface area contributed by atoms with Crippen LogP contribution in [0, 0.1) is 19.8 Å². The second-order valence-electron chi connectivity index (χ2n) is 6.98. The molecule has 6 nitrogen and oxygen atoms in total. The Morgan fingerprint density at radius 1 is 1.28 bits per heavy atom. The standard InChI is InChI=1S/C19H31N3O3/c1-5-25-19(24)16-14(3)17(21-15(16)4)18(23)20-9-6-10-22-11-7-13(2)8-12-22/h13,21H,5-12H2,1-4H3,(H,20,23). The summed E-state index contributed by atoms with van der Waals surface area (Å²) in [5.74, 6) is 0.291. The van der Waals surface area contributed by atoms with Crippen LogP contribution in [-0.4, -0.2) is 54.5 Å². The number of nitrogens with zero attached hydrogens (tertiary/aromatic N) is 1. The fourth-order valence-corrected chi connectivity index (χ4v) is 3.37. The molecule has 0 aliphatic carbocycles. The van der Waals surface area contributed by atoms with Crippen molar-refractivity contribution in [1.29, 1.82) is 0 Å². The Balaban J connectivity index is 1.83. The summed E-state index contributed by atoms with van der Waals surface area (Å²) >= 11 is 0. The molecule has 1 amide bonds. The van der Waals surface area contributed by atoms with E-state index in [0.29, 0.717) is 35.7 Å². The van der Waals surface area contributed by atoms with Gasteiger partial charge in [-0.15, -0.1) is 0 Å². The molecule has 0 bridgehead atoms. The average Bonchev–Trinajstić information content (AvgIpc) is 2.88. The molecule has 25 heavy (non-hydrogen) atoms. The Morgan fingerprint density at radius 3 is 2.60 bits per heavy atom. The molecular formula is C19H31N3O3. The number of likely N-dealkylation sites (tertiary alicyclic amines) is 1. The first-order valence-corrected chi connectivity index (χ1v) is 9.30. The molecule has 6 heteroatoms. The summed E-state index contributed by atoms with van der Waals surface area (Å²) in [7, 11) is 0. The number of piperidine rings is 1. The molecule has 2 rings (SSSR count). The zero-order valence-corrected chi connectivity index (χ0v) is 15.9. The van der Waals surface area contributed by atoms with Gasteiger partial charge in [-0.1, -0.05) is 6.92 Å². The van der Waals surface area contributed by atoms with Gasteiger partial charge in [-0.2, -0.15) is 0 Å². The molecule has 2 N–H and O–H groups in total. The summed E-state index contributed by atoms with van der Waals surface area (Å²) < 4.78 is 5.06. The van der Waals surface area contributed by atoms with E-state index in [4.69, 9.17) is 4.74 Å². The number of ether oxygens (including phenoxy) is 1. The van der Waals surface area contributed by atoms with Crippen molar-refractivity contribution >= 4 is 11.9 Å². The highest BCUT2D eigenvalue weighted by atomic mass is 16.5. The molecule has 0 atom stereocenters. The van der Waals surface area contributed by atoms with E-state index < -0.39 is 0 Å². The predicted octanol–water partition coefficient (Wildman–Crippen LogP) is 2.66. The first kappa shape index (κ1) is 19.5. The summed E-state index contributed by atoms with van der Waals surface area (Å²) in [4.78, 5) is 29.9. The Labute approximate surface area is 150 Å². The smallest absolute Gasteiger partial charge is 0.340 e. The lowest BCUT2D eigenvalue weighted by Gasteiger charge is -2.30. The fraction of sp³-hybridized carbons (Fsp3) is 0.684. The van der Waals surface area contributed by atoms with Gasteiger partial charge in [-0.05, 0) is 71.1 Å². The maximum absolute atomic E-state index is 12.4. The van der Waals surface area contributed by atoms with Gasteiger partial charge < -0.3 is 19.9 Å². The zero-order valence-electron chi connectivity index (χ0n) is 15.9. The van der Waals surface area contributed by atoms with Crippen molar-refractivity contribution in [2.24, 2.45) is 5.92 Å². The Morgan fingerprint density at radius 2 is 1.96 bits per heavy atom. The number of aromatic amines is 1. The summed E-state index contributed by atoms with van der Waals surface area (Å²) in [5.41, 5.74) is 2.24. The van der Waals surface area contributed by atoms with Gasteiger partial charge in [0, 0.05) is 12.2 Å². The molecule has 140 valence electrons. The number of hydrogen-bond donors (Lipinski definition) is 2. The third-order valence-corrected chi connectivity index (χ3v) is 4.96. The molecule has 1 aromatic heterocycles. The minimum absolute atomic E-state index is 0.164. The average molecular weight is 349 g/mol. The van der Waals surface area contributed by atoms with E-state index in [1.165, 1.54) is 12.8 Å². The van der Waals surface area contributed by atoms with Crippen LogP contribution in [0.2, 0.25) is 0 Å². The van der Waals surface area contributed by atoms with Crippen LogP contribution in [0.25, 0.3) is 0 Å². The molecule has 0 radical (unpaired) electrons. The minimum Gasteiger partial charge on any atom is -0.462 e. The van der Waals surface area contributed by atoms with Gasteiger partial charge in [0.05, 0.1) is 12.2 Å². The molecule has 1 aliphatic heterocycles. The first-order chi connectivity index (χ1) is 11.9. The van der Waals surface area contributed by atoms with Crippen molar-refractivity contribution in [1.82, 2.24) is 15.2 Å². The number of rotatable bonds is 7. The SMILES string of the molecule is CCOC(=O)c1c(C)[nH]c(C(=O)NCCCN2CCC(C)CC2)c1C. The number of aryl methyl sites for hydroxylation is 1. The quantitative estimate of drug-likeness (QED) is 0.586. The summed E-state index contributed by atoms with van der Waals surface area (Å²) in [5, 5.41) is 2.95. The lowest BCUT2D eigenvalue weighted by Crippen LogP contribution is -2.35. The topological polar surface area (TPSA) is 74.4 Å². The normalized spacial score (nSPS) is 16.0. The summed E-state index contributed by atoms with van der Waals surface area (Å²) in [6.45, 7) is 11.9. The van der Waals surface area contributed by atoms with Gasteiger partial charge in [-0.25, -0.2) is 4.79 Å². The van der Waals surface area contributed by atoms with E-state index in [9.17, 15) is 9.59 Å². The highest BCUT2D eigenvalue weighted by Crippen LogP contribution is 2.19. The molecule has 0 aromatic carbocycles. The molecule has 1 aromatic rings. The molecule has 0 unspecified atom stereocenters. The maximum Gasteiger partial charge on any atom is 0.340 e. The summed E-state index contributed by atoms with van der Waals surface area (Å²) in [6, 6.07) is 0.